The maximum absolute atomic E-state index is 12.8. The van der Waals surface area contributed by atoms with Crippen molar-refractivity contribution >= 4 is 40.0 Å². The van der Waals surface area contributed by atoms with Crippen LogP contribution in [0.5, 0.6) is 0 Å². The first-order valence-corrected chi connectivity index (χ1v) is 8.92. The van der Waals surface area contributed by atoms with Crippen molar-refractivity contribution in [3.63, 3.8) is 0 Å². The molecule has 0 fully saturated rings. The summed E-state index contributed by atoms with van der Waals surface area (Å²) in [5.74, 6) is 0.539. The molecular weight excluding hydrogens is 332 g/mol. The average Bonchev–Trinajstić information content (AvgIpc) is 2.46. The van der Waals surface area contributed by atoms with Crippen molar-refractivity contribution in [1.82, 2.24) is 9.55 Å². The monoisotopic (exact) mass is 352 g/mol. The molecule has 0 radical (unpaired) electrons. The molecule has 1 aromatic carbocycles. The summed E-state index contributed by atoms with van der Waals surface area (Å²) in [6.45, 7) is 8.20. The molecule has 124 valence electrons. The van der Waals surface area contributed by atoms with E-state index in [2.05, 4.69) is 18.8 Å². The summed E-state index contributed by atoms with van der Waals surface area (Å²) in [5, 5.41) is 1.43. The molecule has 1 atom stereocenters. The molecule has 0 amide bonds. The molecule has 0 spiro atoms. The number of rotatable bonds is 6. The van der Waals surface area contributed by atoms with E-state index in [-0.39, 0.29) is 16.6 Å². The van der Waals surface area contributed by atoms with Gasteiger partial charge in [0.1, 0.15) is 5.78 Å². The van der Waals surface area contributed by atoms with Crippen LogP contribution in [-0.2, 0) is 11.3 Å². The fourth-order valence-electron chi connectivity index (χ4n) is 2.09. The highest BCUT2D eigenvalue weighted by Gasteiger charge is 2.17. The number of hydrogen-bond acceptors (Lipinski definition) is 4. The lowest BCUT2D eigenvalue weighted by molar-refractivity contribution is -0.116. The summed E-state index contributed by atoms with van der Waals surface area (Å²) in [6, 6.07) is 5.10. The summed E-state index contributed by atoms with van der Waals surface area (Å²) in [6.07, 6.45) is 0.878. The minimum atomic E-state index is -0.246. The second-order valence-electron chi connectivity index (χ2n) is 6.07. The zero-order chi connectivity index (χ0) is 17.1. The largest absolute Gasteiger partial charge is 0.299 e. The maximum atomic E-state index is 12.8. The Bertz CT molecular complexity index is 786. The highest BCUT2D eigenvalue weighted by atomic mass is 35.5. The lowest BCUT2D eigenvalue weighted by Crippen LogP contribution is -2.25. The van der Waals surface area contributed by atoms with Crippen LogP contribution in [0.2, 0.25) is 5.02 Å². The fourth-order valence-corrected chi connectivity index (χ4v) is 3.19. The number of ketones is 1. The molecule has 1 unspecified atom stereocenters. The van der Waals surface area contributed by atoms with Crippen LogP contribution in [0.25, 0.3) is 10.9 Å². The summed E-state index contributed by atoms with van der Waals surface area (Å²) >= 11 is 7.34. The predicted molar refractivity (Wildman–Crippen MR) is 96.5 cm³/mol. The Hall–Kier alpha value is -1.33. The van der Waals surface area contributed by atoms with Gasteiger partial charge in [-0.25, -0.2) is 4.98 Å². The number of benzene rings is 1. The fraction of sp³-hybridized carbons (Fsp3) is 0.471. The molecule has 1 heterocycles. The smallest absolute Gasteiger partial charge is 0.262 e. The minimum Gasteiger partial charge on any atom is -0.299 e. The number of Topliss-reactive ketones (excluding diaryl/α,β-unsaturated/α-hetero) is 1. The molecule has 0 N–H and O–H groups in total. The predicted octanol–water partition coefficient (Wildman–Crippen LogP) is 4.17. The van der Waals surface area contributed by atoms with Crippen molar-refractivity contribution in [3.05, 3.63) is 33.6 Å². The van der Waals surface area contributed by atoms with Crippen LogP contribution >= 0.6 is 23.4 Å². The quantitative estimate of drug-likeness (QED) is 0.578. The molecule has 6 heteroatoms. The Kier molecular flexibility index (Phi) is 5.87. The Morgan fingerprint density at radius 1 is 1.35 bits per heavy atom. The Labute approximate surface area is 145 Å². The third kappa shape index (κ3) is 4.36. The summed E-state index contributed by atoms with van der Waals surface area (Å²) in [7, 11) is 0. The van der Waals surface area contributed by atoms with E-state index in [1.54, 1.807) is 29.7 Å². The zero-order valence-corrected chi connectivity index (χ0v) is 15.4. The molecule has 2 rings (SSSR count). The van der Waals surface area contributed by atoms with E-state index >= 15 is 0 Å². The van der Waals surface area contributed by atoms with E-state index in [0.29, 0.717) is 33.5 Å². The van der Waals surface area contributed by atoms with Crippen LogP contribution in [0.15, 0.2) is 28.2 Å². The van der Waals surface area contributed by atoms with Crippen molar-refractivity contribution in [2.75, 3.05) is 0 Å². The van der Waals surface area contributed by atoms with Gasteiger partial charge in [0.2, 0.25) is 0 Å². The molecule has 0 aliphatic carbocycles. The van der Waals surface area contributed by atoms with E-state index < -0.39 is 0 Å². The van der Waals surface area contributed by atoms with E-state index in [1.807, 2.05) is 6.92 Å². The number of carbonyl (C=O) groups is 1. The number of nitrogens with zero attached hydrogens (tertiary/aromatic N) is 2. The maximum Gasteiger partial charge on any atom is 0.262 e. The molecule has 1 aromatic heterocycles. The number of aromatic nitrogens is 2. The van der Waals surface area contributed by atoms with E-state index in [0.717, 1.165) is 6.42 Å². The van der Waals surface area contributed by atoms with Gasteiger partial charge >= 0.3 is 0 Å². The molecule has 0 bridgehead atoms. The molecule has 23 heavy (non-hydrogen) atoms. The first-order chi connectivity index (χ1) is 10.8. The number of fused-ring (bicyclic) bond motifs is 1. The van der Waals surface area contributed by atoms with Crippen LogP contribution in [-0.4, -0.2) is 20.6 Å². The number of thioether (sulfide) groups is 1. The third-order valence-corrected chi connectivity index (χ3v) is 5.11. The first kappa shape index (κ1) is 18.0. The van der Waals surface area contributed by atoms with E-state index in [1.165, 1.54) is 11.8 Å². The van der Waals surface area contributed by atoms with E-state index in [4.69, 9.17) is 11.6 Å². The van der Waals surface area contributed by atoms with Gasteiger partial charge in [-0.3, -0.25) is 14.2 Å². The summed E-state index contributed by atoms with van der Waals surface area (Å²) in [5.41, 5.74) is 0.493. The second kappa shape index (κ2) is 7.49. The molecule has 0 saturated carbocycles. The van der Waals surface area contributed by atoms with E-state index in [9.17, 15) is 9.59 Å². The molecule has 0 aliphatic heterocycles. The lowest BCUT2D eigenvalue weighted by Gasteiger charge is -2.16. The molecular formula is C17H21ClN2O2S. The number of halogens is 1. The highest BCUT2D eigenvalue weighted by molar-refractivity contribution is 8.00. The zero-order valence-electron chi connectivity index (χ0n) is 13.8. The first-order valence-electron chi connectivity index (χ1n) is 7.66. The topological polar surface area (TPSA) is 52.0 Å². The Balaban J connectivity index is 2.57. The van der Waals surface area contributed by atoms with Crippen LogP contribution in [0, 0.1) is 5.92 Å². The van der Waals surface area contributed by atoms with Gasteiger partial charge in [0, 0.05) is 11.6 Å². The van der Waals surface area contributed by atoms with Gasteiger partial charge in [-0.15, -0.1) is 0 Å². The van der Waals surface area contributed by atoms with Gasteiger partial charge in [-0.05, 0) is 44.4 Å². The molecule has 2 aromatic rings. The molecule has 4 nitrogen and oxygen atoms in total. The summed E-state index contributed by atoms with van der Waals surface area (Å²) < 4.78 is 1.68. The van der Waals surface area contributed by atoms with Gasteiger partial charge in [0.25, 0.3) is 5.56 Å². The molecule has 0 saturated heterocycles. The number of hydrogen-bond donors (Lipinski definition) is 0. The second-order valence-corrected chi connectivity index (χ2v) is 7.81. The third-order valence-electron chi connectivity index (χ3n) is 3.67. The standard InChI is InChI=1S/C17H21ClN2O2S/c1-10(2)7-8-20-16(22)14-6-5-13(18)9-15(14)19-17(20)23-12(4)11(3)21/h5-6,9-10,12H,7-8H2,1-4H3. The minimum absolute atomic E-state index is 0.0610. The SMILES string of the molecule is CC(=O)C(C)Sc1nc2cc(Cl)ccc2c(=O)n1CCC(C)C. The number of carbonyl (C=O) groups excluding carboxylic acids is 1. The van der Waals surface area contributed by atoms with Gasteiger partial charge in [-0.1, -0.05) is 37.2 Å². The van der Waals surface area contributed by atoms with Crippen molar-refractivity contribution in [1.29, 1.82) is 0 Å². The average molecular weight is 353 g/mol. The van der Waals surface area contributed by atoms with Gasteiger partial charge in [0.15, 0.2) is 5.16 Å². The highest BCUT2D eigenvalue weighted by Crippen LogP contribution is 2.24. The van der Waals surface area contributed by atoms with Crippen LogP contribution in [0.1, 0.15) is 34.1 Å². The Morgan fingerprint density at radius 2 is 2.04 bits per heavy atom. The summed E-state index contributed by atoms with van der Waals surface area (Å²) in [4.78, 5) is 29.0. The van der Waals surface area contributed by atoms with Crippen molar-refractivity contribution in [3.8, 4) is 0 Å². The van der Waals surface area contributed by atoms with Crippen LogP contribution < -0.4 is 5.56 Å². The van der Waals surface area contributed by atoms with Crippen LogP contribution in [0.4, 0.5) is 0 Å². The van der Waals surface area contributed by atoms with Gasteiger partial charge in [-0.2, -0.15) is 0 Å². The van der Waals surface area contributed by atoms with Crippen molar-refractivity contribution < 1.29 is 4.79 Å². The van der Waals surface area contributed by atoms with Gasteiger partial charge in [0.05, 0.1) is 16.2 Å². The molecule has 0 aliphatic rings. The van der Waals surface area contributed by atoms with Crippen molar-refractivity contribution in [2.45, 2.75) is 51.1 Å². The lowest BCUT2D eigenvalue weighted by atomic mass is 10.1. The Morgan fingerprint density at radius 3 is 2.65 bits per heavy atom. The van der Waals surface area contributed by atoms with Crippen molar-refractivity contribution in [2.24, 2.45) is 5.92 Å². The van der Waals surface area contributed by atoms with Crippen LogP contribution in [0.3, 0.4) is 0 Å². The van der Waals surface area contributed by atoms with Gasteiger partial charge < -0.3 is 0 Å². The normalized spacial score (nSPS) is 12.8.